The Balaban J connectivity index is 3.28. The molecule has 0 aliphatic carbocycles. The molecule has 0 radical (unpaired) electrons. The Hall–Kier alpha value is -0.480. The number of hydrogen-bond donors (Lipinski definition) is 1. The molecule has 0 saturated heterocycles. The zero-order chi connectivity index (χ0) is 10.1. The maximum Gasteiger partial charge on any atom is 0.0214 e. The van der Waals surface area contributed by atoms with Gasteiger partial charge in [-0.15, -0.1) is 11.8 Å². The fourth-order valence-corrected chi connectivity index (χ4v) is 1.19. The lowest BCUT2D eigenvalue weighted by molar-refractivity contribution is 0.455. The van der Waals surface area contributed by atoms with Crippen molar-refractivity contribution in [2.45, 2.75) is 53.0 Å². The third-order valence-electron chi connectivity index (χ3n) is 2.10. The summed E-state index contributed by atoms with van der Waals surface area (Å²) in [4.78, 5) is 0. The smallest absolute Gasteiger partial charge is 0.0214 e. The van der Waals surface area contributed by atoms with Gasteiger partial charge in [0.05, 0.1) is 0 Å². The van der Waals surface area contributed by atoms with Crippen LogP contribution in [0.2, 0.25) is 0 Å². The van der Waals surface area contributed by atoms with Gasteiger partial charge in [-0.3, -0.25) is 0 Å². The summed E-state index contributed by atoms with van der Waals surface area (Å²) in [5.74, 6) is 6.78. The molecule has 0 spiro atoms. The van der Waals surface area contributed by atoms with E-state index in [1.165, 1.54) is 12.8 Å². The first kappa shape index (κ1) is 12.5. The van der Waals surface area contributed by atoms with Crippen molar-refractivity contribution in [3.05, 3.63) is 0 Å². The Morgan fingerprint density at radius 3 is 2.38 bits per heavy atom. The van der Waals surface area contributed by atoms with Gasteiger partial charge in [-0.05, 0) is 32.6 Å². The molecule has 1 heteroatoms. The zero-order valence-electron chi connectivity index (χ0n) is 9.48. The van der Waals surface area contributed by atoms with E-state index in [4.69, 9.17) is 0 Å². The highest BCUT2D eigenvalue weighted by Gasteiger charge is 2.01. The van der Waals surface area contributed by atoms with E-state index in [1.54, 1.807) is 0 Å². The standard InChI is InChI=1S/C12H23N/c1-5-6-7-10-13-12(4)9-8-11(2)3/h11-13H,7-10H2,1-4H3. The summed E-state index contributed by atoms with van der Waals surface area (Å²) in [5, 5.41) is 3.47. The fraction of sp³-hybridized carbons (Fsp3) is 0.833. The molecule has 0 aliphatic rings. The molecule has 1 N–H and O–H groups in total. The van der Waals surface area contributed by atoms with Gasteiger partial charge < -0.3 is 5.32 Å². The molecule has 0 saturated carbocycles. The van der Waals surface area contributed by atoms with Crippen molar-refractivity contribution in [2.24, 2.45) is 5.92 Å². The van der Waals surface area contributed by atoms with Crippen LogP contribution in [0.25, 0.3) is 0 Å². The van der Waals surface area contributed by atoms with Gasteiger partial charge in [-0.2, -0.15) is 0 Å². The van der Waals surface area contributed by atoms with Crippen LogP contribution in [0.3, 0.4) is 0 Å². The van der Waals surface area contributed by atoms with Crippen LogP contribution in [0.1, 0.15) is 47.0 Å². The SMILES string of the molecule is CC#CCCNC(C)CCC(C)C. The Kier molecular flexibility index (Phi) is 7.83. The highest BCUT2D eigenvalue weighted by atomic mass is 14.9. The van der Waals surface area contributed by atoms with Crippen molar-refractivity contribution in [1.82, 2.24) is 5.32 Å². The topological polar surface area (TPSA) is 12.0 Å². The van der Waals surface area contributed by atoms with E-state index in [2.05, 4.69) is 37.9 Å². The minimum absolute atomic E-state index is 0.640. The predicted octanol–water partition coefficient (Wildman–Crippen LogP) is 2.81. The molecule has 1 nitrogen and oxygen atoms in total. The highest BCUT2D eigenvalue weighted by Crippen LogP contribution is 2.05. The lowest BCUT2D eigenvalue weighted by Gasteiger charge is -2.13. The van der Waals surface area contributed by atoms with Gasteiger partial charge in [0.1, 0.15) is 0 Å². The van der Waals surface area contributed by atoms with Gasteiger partial charge in [-0.1, -0.05) is 13.8 Å². The number of rotatable bonds is 6. The van der Waals surface area contributed by atoms with E-state index in [1.807, 2.05) is 6.92 Å². The first-order valence-electron chi connectivity index (χ1n) is 5.29. The van der Waals surface area contributed by atoms with Crippen molar-refractivity contribution in [3.8, 4) is 11.8 Å². The summed E-state index contributed by atoms with van der Waals surface area (Å²) in [6, 6.07) is 0.640. The maximum atomic E-state index is 3.47. The molecular formula is C12H23N. The molecule has 0 heterocycles. The van der Waals surface area contributed by atoms with Crippen molar-refractivity contribution in [2.75, 3.05) is 6.54 Å². The van der Waals surface area contributed by atoms with E-state index >= 15 is 0 Å². The molecule has 0 aromatic heterocycles. The summed E-state index contributed by atoms with van der Waals surface area (Å²) in [5.41, 5.74) is 0. The molecule has 0 bridgehead atoms. The molecule has 76 valence electrons. The van der Waals surface area contributed by atoms with E-state index in [0.29, 0.717) is 6.04 Å². The third-order valence-corrected chi connectivity index (χ3v) is 2.10. The second-order valence-corrected chi connectivity index (χ2v) is 4.00. The largest absolute Gasteiger partial charge is 0.313 e. The van der Waals surface area contributed by atoms with Gasteiger partial charge in [0.15, 0.2) is 0 Å². The summed E-state index contributed by atoms with van der Waals surface area (Å²) in [6.07, 6.45) is 3.56. The normalized spacial score (nSPS) is 12.4. The van der Waals surface area contributed by atoms with Crippen LogP contribution >= 0.6 is 0 Å². The molecule has 1 unspecified atom stereocenters. The van der Waals surface area contributed by atoms with E-state index in [9.17, 15) is 0 Å². The number of hydrogen-bond acceptors (Lipinski definition) is 1. The van der Waals surface area contributed by atoms with Gasteiger partial charge in [0.2, 0.25) is 0 Å². The molecule has 13 heavy (non-hydrogen) atoms. The summed E-state index contributed by atoms with van der Waals surface area (Å²) in [7, 11) is 0. The highest BCUT2D eigenvalue weighted by molar-refractivity contribution is 4.95. The van der Waals surface area contributed by atoms with E-state index < -0.39 is 0 Å². The van der Waals surface area contributed by atoms with Crippen LogP contribution in [-0.4, -0.2) is 12.6 Å². The minimum atomic E-state index is 0.640. The van der Waals surface area contributed by atoms with Crippen molar-refractivity contribution in [1.29, 1.82) is 0 Å². The van der Waals surface area contributed by atoms with Crippen molar-refractivity contribution in [3.63, 3.8) is 0 Å². The maximum absolute atomic E-state index is 3.47. The van der Waals surface area contributed by atoms with E-state index in [-0.39, 0.29) is 0 Å². The lowest BCUT2D eigenvalue weighted by atomic mass is 10.0. The quantitative estimate of drug-likeness (QED) is 0.491. The Bertz CT molecular complexity index is 162. The molecule has 0 aliphatic heterocycles. The fourth-order valence-electron chi connectivity index (χ4n) is 1.19. The second kappa shape index (κ2) is 8.13. The monoisotopic (exact) mass is 181 g/mol. The average Bonchev–Trinajstić information content (AvgIpc) is 2.09. The molecular weight excluding hydrogens is 158 g/mol. The third kappa shape index (κ3) is 9.43. The Labute approximate surface area is 83.3 Å². The van der Waals surface area contributed by atoms with Crippen LogP contribution in [-0.2, 0) is 0 Å². The minimum Gasteiger partial charge on any atom is -0.313 e. The van der Waals surface area contributed by atoms with Crippen LogP contribution < -0.4 is 5.32 Å². The first-order valence-corrected chi connectivity index (χ1v) is 5.29. The zero-order valence-corrected chi connectivity index (χ0v) is 9.48. The van der Waals surface area contributed by atoms with Gasteiger partial charge >= 0.3 is 0 Å². The Morgan fingerprint density at radius 2 is 1.85 bits per heavy atom. The summed E-state index contributed by atoms with van der Waals surface area (Å²) < 4.78 is 0. The second-order valence-electron chi connectivity index (χ2n) is 4.00. The van der Waals surface area contributed by atoms with Crippen LogP contribution in [0.5, 0.6) is 0 Å². The van der Waals surface area contributed by atoms with E-state index in [0.717, 1.165) is 18.9 Å². The van der Waals surface area contributed by atoms with Gasteiger partial charge in [-0.25, -0.2) is 0 Å². The van der Waals surface area contributed by atoms with Crippen LogP contribution in [0, 0.1) is 17.8 Å². The molecule has 1 atom stereocenters. The number of nitrogens with one attached hydrogen (secondary N) is 1. The average molecular weight is 181 g/mol. The van der Waals surface area contributed by atoms with Gasteiger partial charge in [0, 0.05) is 19.0 Å². The van der Waals surface area contributed by atoms with Gasteiger partial charge in [0.25, 0.3) is 0 Å². The first-order chi connectivity index (χ1) is 6.16. The molecule has 0 rings (SSSR count). The summed E-state index contributed by atoms with van der Waals surface area (Å²) >= 11 is 0. The predicted molar refractivity (Wildman–Crippen MR) is 59.6 cm³/mol. The lowest BCUT2D eigenvalue weighted by Crippen LogP contribution is -2.27. The molecule has 0 aromatic rings. The molecule has 0 aromatic carbocycles. The van der Waals surface area contributed by atoms with Crippen molar-refractivity contribution < 1.29 is 0 Å². The van der Waals surface area contributed by atoms with Crippen LogP contribution in [0.4, 0.5) is 0 Å². The van der Waals surface area contributed by atoms with Crippen LogP contribution in [0.15, 0.2) is 0 Å². The van der Waals surface area contributed by atoms with Crippen molar-refractivity contribution >= 4 is 0 Å². The molecule has 0 fully saturated rings. The molecule has 0 amide bonds. The summed E-state index contributed by atoms with van der Waals surface area (Å²) in [6.45, 7) is 9.72. The Morgan fingerprint density at radius 1 is 1.15 bits per heavy atom.